The zero-order valence-electron chi connectivity index (χ0n) is 13.3. The molecule has 4 rings (SSSR count). The molecule has 1 amide bonds. The largest absolute Gasteiger partial charge is 0.337 e. The van der Waals surface area contributed by atoms with Crippen molar-refractivity contribution in [2.75, 3.05) is 7.05 Å². The van der Waals surface area contributed by atoms with Crippen molar-refractivity contribution < 1.29 is 13.2 Å². The highest BCUT2D eigenvalue weighted by molar-refractivity contribution is 7.89. The van der Waals surface area contributed by atoms with E-state index in [0.29, 0.717) is 12.1 Å². The van der Waals surface area contributed by atoms with Gasteiger partial charge in [0.2, 0.25) is 10.0 Å². The highest BCUT2D eigenvalue weighted by Gasteiger charge is 2.29. The molecule has 124 valence electrons. The Kier molecular flexibility index (Phi) is 3.47. The van der Waals surface area contributed by atoms with E-state index < -0.39 is 10.0 Å². The molecule has 2 aromatic rings. The minimum absolute atomic E-state index is 0.00558. The average molecular weight is 342 g/mol. The van der Waals surface area contributed by atoms with Crippen LogP contribution in [0.25, 0.3) is 11.1 Å². The Hall–Kier alpha value is -2.18. The number of benzene rings is 2. The van der Waals surface area contributed by atoms with Crippen molar-refractivity contribution in [3.63, 3.8) is 0 Å². The smallest absolute Gasteiger partial charge is 0.254 e. The van der Waals surface area contributed by atoms with Crippen LogP contribution < -0.4 is 4.72 Å². The second-order valence-electron chi connectivity index (χ2n) is 6.42. The van der Waals surface area contributed by atoms with Gasteiger partial charge >= 0.3 is 0 Å². The summed E-state index contributed by atoms with van der Waals surface area (Å²) in [5.74, 6) is 0.00558. The average Bonchev–Trinajstić information content (AvgIpc) is 3.32. The second kappa shape index (κ2) is 5.43. The molecule has 0 saturated heterocycles. The second-order valence-corrected chi connectivity index (χ2v) is 8.13. The topological polar surface area (TPSA) is 66.5 Å². The zero-order valence-corrected chi connectivity index (χ0v) is 14.1. The third-order valence-electron chi connectivity index (χ3n) is 4.50. The summed E-state index contributed by atoms with van der Waals surface area (Å²) in [6.07, 6.45) is 1.80. The number of sulfonamides is 1. The Morgan fingerprint density at radius 2 is 1.79 bits per heavy atom. The van der Waals surface area contributed by atoms with Crippen LogP contribution in [0.2, 0.25) is 0 Å². The van der Waals surface area contributed by atoms with Gasteiger partial charge in [-0.15, -0.1) is 0 Å². The van der Waals surface area contributed by atoms with Crippen molar-refractivity contribution in [2.45, 2.75) is 30.3 Å². The maximum atomic E-state index is 12.4. The van der Waals surface area contributed by atoms with Gasteiger partial charge in [0.15, 0.2) is 0 Å². The molecule has 0 unspecified atom stereocenters. The van der Waals surface area contributed by atoms with Crippen LogP contribution >= 0.6 is 0 Å². The number of nitrogens with zero attached hydrogens (tertiary/aromatic N) is 1. The molecule has 0 spiro atoms. The Morgan fingerprint density at radius 3 is 2.54 bits per heavy atom. The molecule has 1 aliphatic heterocycles. The fourth-order valence-corrected chi connectivity index (χ4v) is 4.41. The molecule has 1 heterocycles. The first-order chi connectivity index (χ1) is 11.5. The fourth-order valence-electron chi connectivity index (χ4n) is 3.06. The standard InChI is InChI=1S/C18H18N2O3S/c1-20-11-17-15(6-3-7-16(17)18(20)21)12-4-2-5-14(10-12)24(22,23)19-13-8-9-13/h2-7,10,13,19H,8-9,11H2,1H3. The van der Waals surface area contributed by atoms with Crippen LogP contribution in [0.4, 0.5) is 0 Å². The van der Waals surface area contributed by atoms with Gasteiger partial charge < -0.3 is 4.90 Å². The summed E-state index contributed by atoms with van der Waals surface area (Å²) in [6, 6.07) is 12.6. The summed E-state index contributed by atoms with van der Waals surface area (Å²) in [7, 11) is -1.72. The number of hydrogen-bond donors (Lipinski definition) is 1. The Morgan fingerprint density at radius 1 is 1.08 bits per heavy atom. The number of amides is 1. The van der Waals surface area contributed by atoms with Crippen molar-refractivity contribution in [1.82, 2.24) is 9.62 Å². The molecule has 2 aliphatic rings. The van der Waals surface area contributed by atoms with Crippen molar-refractivity contribution in [2.24, 2.45) is 0 Å². The maximum absolute atomic E-state index is 12.4. The maximum Gasteiger partial charge on any atom is 0.254 e. The lowest BCUT2D eigenvalue weighted by Gasteiger charge is -2.11. The molecule has 0 atom stereocenters. The van der Waals surface area contributed by atoms with Crippen molar-refractivity contribution in [3.05, 3.63) is 53.6 Å². The molecule has 24 heavy (non-hydrogen) atoms. The normalized spacial score (nSPS) is 17.2. The Bertz CT molecular complexity index is 933. The summed E-state index contributed by atoms with van der Waals surface area (Å²) in [5.41, 5.74) is 3.37. The first-order valence-electron chi connectivity index (χ1n) is 7.96. The van der Waals surface area contributed by atoms with Crippen LogP contribution in [0.1, 0.15) is 28.8 Å². The van der Waals surface area contributed by atoms with E-state index in [0.717, 1.165) is 29.5 Å². The highest BCUT2D eigenvalue weighted by atomic mass is 32.2. The Balaban J connectivity index is 1.77. The lowest BCUT2D eigenvalue weighted by Crippen LogP contribution is -2.25. The van der Waals surface area contributed by atoms with Gasteiger partial charge in [0.1, 0.15) is 0 Å². The van der Waals surface area contributed by atoms with E-state index in [-0.39, 0.29) is 16.8 Å². The molecule has 6 heteroatoms. The quantitative estimate of drug-likeness (QED) is 0.928. The summed E-state index contributed by atoms with van der Waals surface area (Å²) < 4.78 is 27.6. The summed E-state index contributed by atoms with van der Waals surface area (Å²) in [5, 5.41) is 0. The molecule has 0 radical (unpaired) electrons. The van der Waals surface area contributed by atoms with Crippen LogP contribution in [0.5, 0.6) is 0 Å². The van der Waals surface area contributed by atoms with Crippen LogP contribution in [-0.4, -0.2) is 32.3 Å². The van der Waals surface area contributed by atoms with E-state index >= 15 is 0 Å². The molecular formula is C18H18N2O3S. The molecule has 1 aliphatic carbocycles. The Labute approximate surface area is 141 Å². The van der Waals surface area contributed by atoms with Gasteiger partial charge in [0.25, 0.3) is 5.91 Å². The lowest BCUT2D eigenvalue weighted by atomic mass is 9.97. The van der Waals surface area contributed by atoms with Gasteiger partial charge in [-0.05, 0) is 47.7 Å². The van der Waals surface area contributed by atoms with E-state index in [1.807, 2.05) is 24.3 Å². The minimum Gasteiger partial charge on any atom is -0.337 e. The van der Waals surface area contributed by atoms with Gasteiger partial charge in [0, 0.05) is 25.2 Å². The SMILES string of the molecule is CN1Cc2c(cccc2-c2cccc(S(=O)(=O)NC3CC3)c2)C1=O. The van der Waals surface area contributed by atoms with Gasteiger partial charge in [-0.2, -0.15) is 0 Å². The third kappa shape index (κ3) is 2.61. The van der Waals surface area contributed by atoms with Crippen molar-refractivity contribution >= 4 is 15.9 Å². The molecule has 2 aromatic carbocycles. The molecule has 0 bridgehead atoms. The molecular weight excluding hydrogens is 324 g/mol. The minimum atomic E-state index is -3.49. The number of hydrogen-bond acceptors (Lipinski definition) is 3. The molecule has 1 fully saturated rings. The number of nitrogens with one attached hydrogen (secondary N) is 1. The van der Waals surface area contributed by atoms with Crippen LogP contribution in [0, 0.1) is 0 Å². The molecule has 5 nitrogen and oxygen atoms in total. The van der Waals surface area contributed by atoms with Gasteiger partial charge in [-0.25, -0.2) is 13.1 Å². The molecule has 1 N–H and O–H groups in total. The number of carbonyl (C=O) groups excluding carboxylic acids is 1. The van der Waals surface area contributed by atoms with Crippen molar-refractivity contribution in [1.29, 1.82) is 0 Å². The first kappa shape index (κ1) is 15.4. The van der Waals surface area contributed by atoms with E-state index in [1.54, 1.807) is 30.1 Å². The van der Waals surface area contributed by atoms with E-state index in [2.05, 4.69) is 4.72 Å². The molecule has 1 saturated carbocycles. The van der Waals surface area contributed by atoms with Gasteiger partial charge in [-0.3, -0.25) is 4.79 Å². The first-order valence-corrected chi connectivity index (χ1v) is 9.44. The molecule has 0 aromatic heterocycles. The van der Waals surface area contributed by atoms with E-state index in [1.165, 1.54) is 0 Å². The zero-order chi connectivity index (χ0) is 16.9. The van der Waals surface area contributed by atoms with E-state index in [9.17, 15) is 13.2 Å². The number of fused-ring (bicyclic) bond motifs is 1. The van der Waals surface area contributed by atoms with Crippen LogP contribution in [0.15, 0.2) is 47.4 Å². The van der Waals surface area contributed by atoms with Crippen molar-refractivity contribution in [3.8, 4) is 11.1 Å². The summed E-state index contributed by atoms with van der Waals surface area (Å²) in [6.45, 7) is 0.543. The number of carbonyl (C=O) groups is 1. The third-order valence-corrected chi connectivity index (χ3v) is 6.02. The van der Waals surface area contributed by atoms with Crippen LogP contribution in [0.3, 0.4) is 0 Å². The highest BCUT2D eigenvalue weighted by Crippen LogP contribution is 2.33. The monoisotopic (exact) mass is 342 g/mol. The predicted molar refractivity (Wildman–Crippen MR) is 91.0 cm³/mol. The van der Waals surface area contributed by atoms with Gasteiger partial charge in [0.05, 0.1) is 4.90 Å². The van der Waals surface area contributed by atoms with Gasteiger partial charge in [-0.1, -0.05) is 24.3 Å². The van der Waals surface area contributed by atoms with Crippen LogP contribution in [-0.2, 0) is 16.6 Å². The fraction of sp³-hybridized carbons (Fsp3) is 0.278. The predicted octanol–water partition coefficient (Wildman–Crippen LogP) is 2.38. The summed E-state index contributed by atoms with van der Waals surface area (Å²) in [4.78, 5) is 14.1. The summed E-state index contributed by atoms with van der Waals surface area (Å²) >= 11 is 0. The number of rotatable bonds is 4. The lowest BCUT2D eigenvalue weighted by molar-refractivity contribution is 0.0816. The van der Waals surface area contributed by atoms with E-state index in [4.69, 9.17) is 0 Å².